The molecule has 0 aliphatic rings. The second kappa shape index (κ2) is 14.5. The first kappa shape index (κ1) is 38.6. The van der Waals surface area contributed by atoms with Gasteiger partial charge in [-0.15, -0.1) is 0 Å². The summed E-state index contributed by atoms with van der Waals surface area (Å²) in [5.41, 5.74) is 14.9. The number of fused-ring (bicyclic) bond motifs is 16. The number of benzene rings is 11. The molecule has 0 saturated carbocycles. The van der Waals surface area contributed by atoms with Crippen molar-refractivity contribution < 1.29 is 8.83 Å². The van der Waals surface area contributed by atoms with Crippen LogP contribution in [0.15, 0.2) is 215 Å². The predicted molar refractivity (Wildman–Crippen MR) is 291 cm³/mol. The lowest BCUT2D eigenvalue weighted by Gasteiger charge is -2.21. The molecule has 11 aromatic carbocycles. The summed E-state index contributed by atoms with van der Waals surface area (Å²) >= 11 is 0. The zero-order valence-corrected chi connectivity index (χ0v) is 37.5. The molecule has 0 bridgehead atoms. The first-order valence-corrected chi connectivity index (χ1v) is 23.6. The molecule has 15 rings (SSSR count). The van der Waals surface area contributed by atoms with Crippen LogP contribution in [0.1, 0.15) is 11.1 Å². The molecular weight excluding hydrogens is 857 g/mol. The van der Waals surface area contributed by atoms with Gasteiger partial charge in [0.2, 0.25) is 0 Å². The Morgan fingerprint density at radius 2 is 0.671 bits per heavy atom. The maximum atomic E-state index is 9.07. The van der Waals surface area contributed by atoms with Crippen molar-refractivity contribution in [1.29, 1.82) is 10.8 Å². The fourth-order valence-electron chi connectivity index (χ4n) is 11.5. The van der Waals surface area contributed by atoms with E-state index < -0.39 is 0 Å². The van der Waals surface area contributed by atoms with Crippen LogP contribution >= 0.6 is 0 Å². The zero-order chi connectivity index (χ0) is 46.2. The molecule has 0 spiro atoms. The summed E-state index contributed by atoms with van der Waals surface area (Å²) in [7, 11) is 0. The largest absolute Gasteiger partial charge is 0.456 e. The molecule has 6 nitrogen and oxygen atoms in total. The minimum absolute atomic E-state index is 0.735. The van der Waals surface area contributed by atoms with E-state index in [0.717, 1.165) is 154 Å². The van der Waals surface area contributed by atoms with Gasteiger partial charge in [0.15, 0.2) is 0 Å². The smallest absolute Gasteiger partial charge is 0.136 e. The van der Waals surface area contributed by atoms with E-state index in [2.05, 4.69) is 179 Å². The zero-order valence-electron chi connectivity index (χ0n) is 37.5. The maximum Gasteiger partial charge on any atom is 0.136 e. The second-order valence-electron chi connectivity index (χ2n) is 18.3. The van der Waals surface area contributed by atoms with E-state index >= 15 is 0 Å². The quantitative estimate of drug-likeness (QED) is 0.163. The highest BCUT2D eigenvalue weighted by atomic mass is 16.3. The Hall–Kier alpha value is -9.52. The van der Waals surface area contributed by atoms with Gasteiger partial charge in [-0.25, -0.2) is 0 Å². The Morgan fingerprint density at radius 3 is 1.13 bits per heavy atom. The molecule has 0 amide bonds. The molecule has 0 atom stereocenters. The average molecular weight is 895 g/mol. The predicted octanol–water partition coefficient (Wildman–Crippen LogP) is 17.3. The van der Waals surface area contributed by atoms with E-state index in [0.29, 0.717) is 0 Å². The molecule has 0 aliphatic heterocycles. The SMILES string of the molecule is N=Cc1ccc(C=N)c(-n2c3ccc(-c4ccc5c(c4)oc4ccccc45)cc3c3c4ccccc4ccc32)c1-n1c2ccc(-c3ccc4c(c3)oc3ccccc34)cc2c2c3ccccc3ccc21. The molecule has 4 aromatic heterocycles. The maximum absolute atomic E-state index is 9.07. The van der Waals surface area contributed by atoms with Crippen molar-refractivity contribution in [2.24, 2.45) is 0 Å². The lowest BCUT2D eigenvalue weighted by atomic mass is 9.99. The standard InChI is InChI=1S/C64H38N4O2/c65-35-43-17-18-44(36-66)64(68-54-28-24-40(32-52(54)62-46-12-4-2-10-38(46)22-30-56(62)68)42-20-26-50-48-14-6-8-16-58(48)70-60(50)34-42)63(43)67-53-27-23-39(31-51(53)61-45-11-3-1-9-37(45)21-29-55(61)67)41-19-25-49-47-13-5-7-15-57(47)69-59(49)33-41/h1-36,65-66H. The van der Waals surface area contributed by atoms with Gasteiger partial charge in [0.1, 0.15) is 22.3 Å². The van der Waals surface area contributed by atoms with E-state index in [1.54, 1.807) is 0 Å². The minimum Gasteiger partial charge on any atom is -0.456 e. The Labute approximate surface area is 399 Å². The summed E-state index contributed by atoms with van der Waals surface area (Å²) in [4.78, 5) is 0. The molecule has 2 N–H and O–H groups in total. The number of para-hydroxylation sites is 2. The van der Waals surface area contributed by atoms with Crippen molar-refractivity contribution in [1.82, 2.24) is 9.13 Å². The Balaban J connectivity index is 1.02. The number of furan rings is 2. The van der Waals surface area contributed by atoms with Crippen molar-refractivity contribution in [2.45, 2.75) is 0 Å². The number of aromatic nitrogens is 2. The number of hydrogen-bond acceptors (Lipinski definition) is 4. The van der Waals surface area contributed by atoms with Crippen molar-refractivity contribution in [3.63, 3.8) is 0 Å². The van der Waals surface area contributed by atoms with Gasteiger partial charge in [0.05, 0.1) is 33.4 Å². The van der Waals surface area contributed by atoms with Crippen LogP contribution in [0.4, 0.5) is 0 Å². The van der Waals surface area contributed by atoms with Crippen LogP contribution in [0, 0.1) is 10.8 Å². The van der Waals surface area contributed by atoms with Gasteiger partial charge in [0.25, 0.3) is 0 Å². The third-order valence-corrected chi connectivity index (χ3v) is 14.7. The summed E-state index contributed by atoms with van der Waals surface area (Å²) in [5.74, 6) is 0. The van der Waals surface area contributed by atoms with Crippen LogP contribution in [-0.2, 0) is 0 Å². The second-order valence-corrected chi connectivity index (χ2v) is 18.3. The van der Waals surface area contributed by atoms with Crippen LogP contribution in [0.3, 0.4) is 0 Å². The van der Waals surface area contributed by atoms with E-state index in [1.165, 1.54) is 12.4 Å². The first-order chi connectivity index (χ1) is 34.6. The molecule has 70 heavy (non-hydrogen) atoms. The van der Waals surface area contributed by atoms with Crippen LogP contribution in [0.25, 0.3) is 143 Å². The van der Waals surface area contributed by atoms with Crippen molar-refractivity contribution >= 4 is 121 Å². The average Bonchev–Trinajstić information content (AvgIpc) is 4.17. The van der Waals surface area contributed by atoms with Gasteiger partial charge in [-0.1, -0.05) is 133 Å². The summed E-state index contributed by atoms with van der Waals surface area (Å²) < 4.78 is 17.4. The lowest BCUT2D eigenvalue weighted by molar-refractivity contribution is 0.668. The molecule has 0 aliphatic carbocycles. The lowest BCUT2D eigenvalue weighted by Crippen LogP contribution is -2.10. The van der Waals surface area contributed by atoms with E-state index in [-0.39, 0.29) is 0 Å². The van der Waals surface area contributed by atoms with Crippen molar-refractivity contribution in [3.05, 3.63) is 217 Å². The summed E-state index contributed by atoms with van der Waals surface area (Å²) in [6.07, 6.45) is 2.91. The van der Waals surface area contributed by atoms with Crippen LogP contribution in [0.5, 0.6) is 0 Å². The summed E-state index contributed by atoms with van der Waals surface area (Å²) in [5, 5.41) is 31.6. The van der Waals surface area contributed by atoms with Crippen LogP contribution < -0.4 is 0 Å². The molecule has 0 fully saturated rings. The topological polar surface area (TPSA) is 83.8 Å². The minimum atomic E-state index is 0.735. The van der Waals surface area contributed by atoms with Crippen molar-refractivity contribution in [3.8, 4) is 33.6 Å². The third kappa shape index (κ3) is 5.38. The van der Waals surface area contributed by atoms with Gasteiger partial charge in [-0.2, -0.15) is 0 Å². The fourth-order valence-corrected chi connectivity index (χ4v) is 11.5. The highest BCUT2D eigenvalue weighted by Crippen LogP contribution is 2.46. The van der Waals surface area contributed by atoms with E-state index in [9.17, 15) is 0 Å². The van der Waals surface area contributed by atoms with Gasteiger partial charge in [-0.3, -0.25) is 0 Å². The molecule has 15 aromatic rings. The fraction of sp³-hybridized carbons (Fsp3) is 0. The molecule has 0 radical (unpaired) electrons. The molecule has 0 unspecified atom stereocenters. The number of rotatable bonds is 6. The molecule has 6 heteroatoms. The van der Waals surface area contributed by atoms with E-state index in [1.807, 2.05) is 36.4 Å². The van der Waals surface area contributed by atoms with Crippen molar-refractivity contribution in [2.75, 3.05) is 0 Å². The molecule has 0 saturated heterocycles. The molecule has 4 heterocycles. The monoisotopic (exact) mass is 894 g/mol. The van der Waals surface area contributed by atoms with Gasteiger partial charge in [-0.05, 0) is 117 Å². The Kier molecular flexibility index (Phi) is 7.98. The van der Waals surface area contributed by atoms with Crippen LogP contribution in [0.2, 0.25) is 0 Å². The van der Waals surface area contributed by atoms with Gasteiger partial charge in [0, 0.05) is 66.6 Å². The third-order valence-electron chi connectivity index (χ3n) is 14.7. The highest BCUT2D eigenvalue weighted by molar-refractivity contribution is 6.24. The first-order valence-electron chi connectivity index (χ1n) is 23.6. The van der Waals surface area contributed by atoms with Crippen LogP contribution in [-0.4, -0.2) is 21.6 Å². The summed E-state index contributed by atoms with van der Waals surface area (Å²) in [6, 6.07) is 72.9. The molecule has 326 valence electrons. The number of nitrogens with one attached hydrogen (secondary N) is 2. The highest BCUT2D eigenvalue weighted by Gasteiger charge is 2.26. The molecular formula is C64H38N4O2. The normalized spacial score (nSPS) is 12.1. The number of hydrogen-bond donors (Lipinski definition) is 2. The number of nitrogens with zero attached hydrogens (tertiary/aromatic N) is 2. The van der Waals surface area contributed by atoms with E-state index in [4.69, 9.17) is 19.7 Å². The summed E-state index contributed by atoms with van der Waals surface area (Å²) in [6.45, 7) is 0. The Bertz CT molecular complexity index is 4470. The Morgan fingerprint density at radius 1 is 0.300 bits per heavy atom. The van der Waals surface area contributed by atoms with Gasteiger partial charge >= 0.3 is 0 Å². The van der Waals surface area contributed by atoms with Gasteiger partial charge < -0.3 is 28.8 Å².